The molecule has 0 spiro atoms. The minimum atomic E-state index is -1.13. The normalized spacial score (nSPS) is 24.2. The summed E-state index contributed by atoms with van der Waals surface area (Å²) in [5, 5.41) is 14.7. The maximum atomic E-state index is 11.0. The molecule has 1 aliphatic heterocycles. The van der Waals surface area contributed by atoms with Crippen molar-refractivity contribution in [2.45, 2.75) is 32.2 Å². The lowest BCUT2D eigenvalue weighted by molar-refractivity contribution is -0.255. The molecule has 0 saturated carbocycles. The first-order chi connectivity index (χ1) is 11.5. The maximum absolute atomic E-state index is 11.0. The highest BCUT2D eigenvalue weighted by atomic mass is 16.4. The van der Waals surface area contributed by atoms with Crippen molar-refractivity contribution in [3.05, 3.63) is 76.4 Å². The van der Waals surface area contributed by atoms with Crippen molar-refractivity contribution in [2.24, 2.45) is 5.92 Å². The Kier molecular flexibility index (Phi) is 3.45. The Balaban J connectivity index is 1.76. The fourth-order valence-electron chi connectivity index (χ4n) is 4.30. The standard InChI is InChI=1S/C21H21NO2/c1-12-10-13(2)19-16-4-3-5-17(16)20(22-18(19)11-12)14-6-8-15(9-7-14)21(23)24/h3-4,6-11,16-17,20,22H,5H2,1-2H3,(H,23,24)/p-1/t16-,17-,20+/m0/s1. The van der Waals surface area contributed by atoms with Crippen LogP contribution in [0, 0.1) is 19.8 Å². The molecule has 0 bridgehead atoms. The van der Waals surface area contributed by atoms with Crippen molar-refractivity contribution in [3.63, 3.8) is 0 Å². The molecule has 4 rings (SSSR count). The molecule has 3 heteroatoms. The lowest BCUT2D eigenvalue weighted by atomic mass is 9.75. The minimum absolute atomic E-state index is 0.189. The summed E-state index contributed by atoms with van der Waals surface area (Å²) in [6, 6.07) is 11.7. The van der Waals surface area contributed by atoms with Crippen LogP contribution in [0.4, 0.5) is 5.69 Å². The average Bonchev–Trinajstić information content (AvgIpc) is 3.02. The predicted molar refractivity (Wildman–Crippen MR) is 93.0 cm³/mol. The number of aromatic carboxylic acids is 1. The minimum Gasteiger partial charge on any atom is -0.545 e. The second kappa shape index (κ2) is 5.52. The van der Waals surface area contributed by atoms with Gasteiger partial charge >= 0.3 is 0 Å². The fraction of sp³-hybridized carbons (Fsp3) is 0.286. The average molecular weight is 318 g/mol. The molecule has 2 aliphatic rings. The molecule has 0 aromatic heterocycles. The summed E-state index contributed by atoms with van der Waals surface area (Å²) in [4.78, 5) is 11.0. The number of anilines is 1. The van der Waals surface area contributed by atoms with Gasteiger partial charge in [-0.05, 0) is 60.1 Å². The first kappa shape index (κ1) is 15.0. The summed E-state index contributed by atoms with van der Waals surface area (Å²) >= 11 is 0. The van der Waals surface area contributed by atoms with E-state index in [2.05, 4.69) is 43.4 Å². The van der Waals surface area contributed by atoms with Crippen molar-refractivity contribution >= 4 is 11.7 Å². The Bertz CT molecular complexity index is 836. The number of aryl methyl sites for hydroxylation is 2. The molecular formula is C21H20NO2-. The zero-order valence-corrected chi connectivity index (χ0v) is 13.9. The molecule has 122 valence electrons. The van der Waals surface area contributed by atoms with Gasteiger partial charge < -0.3 is 15.2 Å². The molecule has 0 fully saturated rings. The maximum Gasteiger partial charge on any atom is 0.0715 e. The second-order valence-corrected chi connectivity index (χ2v) is 6.93. The molecule has 0 unspecified atom stereocenters. The number of fused-ring (bicyclic) bond motifs is 3. The Labute approximate surface area is 142 Å². The molecule has 1 N–H and O–H groups in total. The topological polar surface area (TPSA) is 52.2 Å². The molecule has 24 heavy (non-hydrogen) atoms. The van der Waals surface area contributed by atoms with Gasteiger partial charge in [0.25, 0.3) is 0 Å². The molecule has 2 aromatic rings. The number of hydrogen-bond acceptors (Lipinski definition) is 3. The van der Waals surface area contributed by atoms with Crippen LogP contribution in [-0.2, 0) is 0 Å². The van der Waals surface area contributed by atoms with Gasteiger partial charge in [0.2, 0.25) is 0 Å². The highest BCUT2D eigenvalue weighted by Crippen LogP contribution is 2.50. The van der Waals surface area contributed by atoms with Crippen LogP contribution in [0.2, 0.25) is 0 Å². The molecular weight excluding hydrogens is 298 g/mol. The second-order valence-electron chi connectivity index (χ2n) is 6.93. The fourth-order valence-corrected chi connectivity index (χ4v) is 4.30. The van der Waals surface area contributed by atoms with E-state index in [1.807, 2.05) is 12.1 Å². The van der Waals surface area contributed by atoms with Crippen LogP contribution in [0.3, 0.4) is 0 Å². The van der Waals surface area contributed by atoms with Crippen LogP contribution in [0.25, 0.3) is 0 Å². The number of allylic oxidation sites excluding steroid dienone is 2. The Morgan fingerprint density at radius 3 is 2.62 bits per heavy atom. The molecule has 0 radical (unpaired) electrons. The van der Waals surface area contributed by atoms with E-state index < -0.39 is 5.97 Å². The molecule has 1 aliphatic carbocycles. The highest BCUT2D eigenvalue weighted by Gasteiger charge is 2.38. The molecule has 3 atom stereocenters. The third kappa shape index (κ3) is 2.32. The third-order valence-corrected chi connectivity index (χ3v) is 5.32. The molecule has 1 heterocycles. The first-order valence-electron chi connectivity index (χ1n) is 8.40. The first-order valence-corrected chi connectivity index (χ1v) is 8.40. The van der Waals surface area contributed by atoms with E-state index in [1.54, 1.807) is 12.1 Å². The van der Waals surface area contributed by atoms with Gasteiger partial charge in [-0.15, -0.1) is 0 Å². The van der Waals surface area contributed by atoms with Crippen molar-refractivity contribution in [3.8, 4) is 0 Å². The van der Waals surface area contributed by atoms with Crippen molar-refractivity contribution in [2.75, 3.05) is 5.32 Å². The van der Waals surface area contributed by atoms with Crippen molar-refractivity contribution in [1.29, 1.82) is 0 Å². The van der Waals surface area contributed by atoms with Crippen LogP contribution >= 0.6 is 0 Å². The lowest BCUT2D eigenvalue weighted by Gasteiger charge is -2.38. The van der Waals surface area contributed by atoms with Crippen molar-refractivity contribution < 1.29 is 9.90 Å². The third-order valence-electron chi connectivity index (χ3n) is 5.32. The Morgan fingerprint density at radius 1 is 1.17 bits per heavy atom. The van der Waals surface area contributed by atoms with Crippen LogP contribution in [0.5, 0.6) is 0 Å². The summed E-state index contributed by atoms with van der Waals surface area (Å²) in [6.45, 7) is 4.31. The van der Waals surface area contributed by atoms with E-state index >= 15 is 0 Å². The quantitative estimate of drug-likeness (QED) is 0.862. The number of carboxylic acids is 1. The van der Waals surface area contributed by atoms with Gasteiger partial charge in [0, 0.05) is 11.6 Å². The van der Waals surface area contributed by atoms with Crippen LogP contribution in [0.15, 0.2) is 48.6 Å². The van der Waals surface area contributed by atoms with Gasteiger partial charge in [-0.25, -0.2) is 0 Å². The van der Waals surface area contributed by atoms with Gasteiger partial charge in [0.05, 0.1) is 12.0 Å². The SMILES string of the molecule is Cc1cc(C)c2c(c1)N[C@H](c1ccc(C(=O)[O-])cc1)[C@H]1CC=C[C@H]21. The van der Waals surface area contributed by atoms with Gasteiger partial charge in [-0.1, -0.05) is 42.5 Å². The summed E-state index contributed by atoms with van der Waals surface area (Å²) in [5.41, 5.74) is 6.55. The zero-order valence-electron chi connectivity index (χ0n) is 13.9. The van der Waals surface area contributed by atoms with Gasteiger partial charge in [-0.3, -0.25) is 0 Å². The van der Waals surface area contributed by atoms with E-state index in [1.165, 1.54) is 22.4 Å². The van der Waals surface area contributed by atoms with Gasteiger partial charge in [0.1, 0.15) is 0 Å². The Hall–Kier alpha value is -2.55. The van der Waals surface area contributed by atoms with Crippen LogP contribution in [0.1, 0.15) is 51.0 Å². The number of hydrogen-bond donors (Lipinski definition) is 1. The lowest BCUT2D eigenvalue weighted by Crippen LogP contribution is -2.30. The number of nitrogens with one attached hydrogen (secondary N) is 1. The summed E-state index contributed by atoms with van der Waals surface area (Å²) < 4.78 is 0. The Morgan fingerprint density at radius 2 is 1.92 bits per heavy atom. The number of benzene rings is 2. The summed E-state index contributed by atoms with van der Waals surface area (Å²) in [7, 11) is 0. The highest BCUT2D eigenvalue weighted by molar-refractivity contribution is 5.85. The van der Waals surface area contributed by atoms with E-state index in [9.17, 15) is 9.90 Å². The van der Waals surface area contributed by atoms with E-state index in [-0.39, 0.29) is 11.6 Å². The van der Waals surface area contributed by atoms with Crippen LogP contribution in [-0.4, -0.2) is 5.97 Å². The van der Waals surface area contributed by atoms with Crippen molar-refractivity contribution in [1.82, 2.24) is 0 Å². The number of carboxylic acid groups (broad SMARTS) is 1. The molecule has 0 saturated heterocycles. The molecule has 2 aromatic carbocycles. The molecule has 3 nitrogen and oxygen atoms in total. The van der Waals surface area contributed by atoms with Gasteiger partial charge in [0.15, 0.2) is 0 Å². The summed E-state index contributed by atoms with van der Waals surface area (Å²) in [6.07, 6.45) is 5.64. The number of carbonyl (C=O) groups is 1. The van der Waals surface area contributed by atoms with E-state index in [0.29, 0.717) is 11.8 Å². The zero-order chi connectivity index (χ0) is 16.8. The van der Waals surface area contributed by atoms with E-state index in [4.69, 9.17) is 0 Å². The molecule has 0 amide bonds. The smallest absolute Gasteiger partial charge is 0.0715 e. The predicted octanol–water partition coefficient (Wildman–Crippen LogP) is 3.49. The van der Waals surface area contributed by atoms with Crippen LogP contribution < -0.4 is 10.4 Å². The number of carbonyl (C=O) groups excluding carboxylic acids is 1. The largest absolute Gasteiger partial charge is 0.545 e. The number of rotatable bonds is 2. The monoisotopic (exact) mass is 318 g/mol. The van der Waals surface area contributed by atoms with Gasteiger partial charge in [-0.2, -0.15) is 0 Å². The van der Waals surface area contributed by atoms with E-state index in [0.717, 1.165) is 12.0 Å². The summed E-state index contributed by atoms with van der Waals surface area (Å²) in [5.74, 6) is -0.240.